The maximum Gasteiger partial charge on any atom is 0.246 e. The minimum Gasteiger partial charge on any atom is -0.333 e. The number of likely N-dealkylation sites (tertiary alicyclic amines) is 1. The van der Waals surface area contributed by atoms with Gasteiger partial charge < -0.3 is 10.2 Å². The lowest BCUT2D eigenvalue weighted by molar-refractivity contribution is -0.135. The third-order valence-electron chi connectivity index (χ3n) is 4.99. The number of nitrogens with zero attached hydrogens (tertiary/aromatic N) is 4. The van der Waals surface area contributed by atoms with Crippen molar-refractivity contribution in [1.29, 1.82) is 0 Å². The Morgan fingerprint density at radius 1 is 1.23 bits per heavy atom. The summed E-state index contributed by atoms with van der Waals surface area (Å²) in [6, 6.07) is 0. The second-order valence-corrected chi connectivity index (χ2v) is 6.97. The Bertz CT molecular complexity index is 614. The molecule has 2 aliphatic heterocycles. The Kier molecular flexibility index (Phi) is 7.84. The van der Waals surface area contributed by atoms with E-state index in [2.05, 4.69) is 20.7 Å². The van der Waals surface area contributed by atoms with Crippen LogP contribution in [0.4, 0.5) is 5.95 Å². The van der Waals surface area contributed by atoms with Crippen LogP contribution in [-0.4, -0.2) is 57.7 Å². The Morgan fingerprint density at radius 2 is 1.96 bits per heavy atom. The number of anilines is 1. The molecule has 0 saturated carbocycles. The van der Waals surface area contributed by atoms with Gasteiger partial charge in [-0.05, 0) is 38.8 Å². The zero-order valence-corrected chi connectivity index (χ0v) is 16.2. The van der Waals surface area contributed by atoms with Crippen molar-refractivity contribution < 1.29 is 9.59 Å². The smallest absolute Gasteiger partial charge is 0.246 e. The van der Waals surface area contributed by atoms with Crippen molar-refractivity contribution in [2.75, 3.05) is 31.5 Å². The molecule has 2 aliphatic rings. The number of aromatic nitrogens is 3. The molecule has 0 aliphatic carbocycles. The minimum absolute atomic E-state index is 0. The number of aryl methyl sites for hydroxylation is 1. The average Bonchev–Trinajstić information content (AvgIpc) is 2.96. The van der Waals surface area contributed by atoms with E-state index in [9.17, 15) is 9.59 Å². The van der Waals surface area contributed by atoms with Gasteiger partial charge in [0.15, 0.2) is 5.82 Å². The lowest BCUT2D eigenvalue weighted by atomic mass is 9.98. The van der Waals surface area contributed by atoms with Crippen LogP contribution in [0.1, 0.15) is 56.7 Å². The number of hydrogen-bond acceptors (Lipinski definition) is 5. The SMILES string of the molecule is Cl.Cn1nc(C2CCNCC2)nc1NC(=O)CN1CCCCCCC1=O. The molecule has 0 bridgehead atoms. The molecule has 0 atom stereocenters. The summed E-state index contributed by atoms with van der Waals surface area (Å²) in [5.74, 6) is 1.46. The van der Waals surface area contributed by atoms with Crippen LogP contribution in [0.2, 0.25) is 0 Å². The lowest BCUT2D eigenvalue weighted by Crippen LogP contribution is -2.39. The van der Waals surface area contributed by atoms with Crippen LogP contribution in [-0.2, 0) is 16.6 Å². The molecule has 9 heteroatoms. The summed E-state index contributed by atoms with van der Waals surface area (Å²) < 4.78 is 1.62. The minimum atomic E-state index is -0.207. The third kappa shape index (κ3) is 5.41. The van der Waals surface area contributed by atoms with Gasteiger partial charge in [-0.2, -0.15) is 10.1 Å². The molecule has 0 radical (unpaired) electrons. The number of carbonyl (C=O) groups is 2. The van der Waals surface area contributed by atoms with Crippen molar-refractivity contribution in [1.82, 2.24) is 25.0 Å². The fraction of sp³-hybridized carbons (Fsp3) is 0.765. The van der Waals surface area contributed by atoms with Gasteiger partial charge in [-0.15, -0.1) is 12.4 Å². The molecule has 1 aromatic heterocycles. The number of carbonyl (C=O) groups excluding carboxylic acids is 2. The third-order valence-corrected chi connectivity index (χ3v) is 4.99. The number of halogens is 1. The zero-order chi connectivity index (χ0) is 17.6. The number of piperidine rings is 1. The van der Waals surface area contributed by atoms with Gasteiger partial charge in [0, 0.05) is 25.9 Å². The lowest BCUT2D eigenvalue weighted by Gasteiger charge is -2.24. The first-order chi connectivity index (χ1) is 12.1. The van der Waals surface area contributed by atoms with Crippen LogP contribution in [0.5, 0.6) is 0 Å². The van der Waals surface area contributed by atoms with E-state index < -0.39 is 0 Å². The first-order valence-corrected chi connectivity index (χ1v) is 9.33. The van der Waals surface area contributed by atoms with Crippen LogP contribution in [0.15, 0.2) is 0 Å². The molecule has 26 heavy (non-hydrogen) atoms. The highest BCUT2D eigenvalue weighted by molar-refractivity contribution is 5.93. The second kappa shape index (κ2) is 9.87. The topological polar surface area (TPSA) is 92.2 Å². The van der Waals surface area contributed by atoms with Crippen molar-refractivity contribution in [3.8, 4) is 0 Å². The first-order valence-electron chi connectivity index (χ1n) is 9.33. The zero-order valence-electron chi connectivity index (χ0n) is 15.4. The monoisotopic (exact) mass is 384 g/mol. The molecule has 8 nitrogen and oxygen atoms in total. The molecule has 2 N–H and O–H groups in total. The Hall–Kier alpha value is -1.67. The van der Waals surface area contributed by atoms with E-state index in [1.165, 1.54) is 0 Å². The van der Waals surface area contributed by atoms with Crippen molar-refractivity contribution in [3.05, 3.63) is 5.82 Å². The van der Waals surface area contributed by atoms with Crippen molar-refractivity contribution >= 4 is 30.2 Å². The molecular formula is C17H29ClN6O2. The van der Waals surface area contributed by atoms with Crippen LogP contribution in [0.3, 0.4) is 0 Å². The van der Waals surface area contributed by atoms with Crippen molar-refractivity contribution in [3.63, 3.8) is 0 Å². The normalized spacial score (nSPS) is 19.4. The van der Waals surface area contributed by atoms with Crippen LogP contribution in [0.25, 0.3) is 0 Å². The quantitative estimate of drug-likeness (QED) is 0.819. The highest BCUT2D eigenvalue weighted by Gasteiger charge is 2.23. The van der Waals surface area contributed by atoms with E-state index in [1.54, 1.807) is 16.6 Å². The Morgan fingerprint density at radius 3 is 2.73 bits per heavy atom. The molecule has 2 amide bonds. The summed E-state index contributed by atoms with van der Waals surface area (Å²) in [7, 11) is 1.79. The standard InChI is InChI=1S/C17H28N6O2.ClH/c1-22-17(20-16(21-22)13-7-9-18-10-8-13)19-14(24)12-23-11-5-3-2-4-6-15(23)25;/h13,18H,2-12H2,1H3,(H,19,20,21,24);1H. The maximum atomic E-state index is 12.4. The van der Waals surface area contributed by atoms with E-state index >= 15 is 0 Å². The van der Waals surface area contributed by atoms with Gasteiger partial charge in [0.1, 0.15) is 0 Å². The molecule has 3 rings (SSSR count). The fourth-order valence-corrected chi connectivity index (χ4v) is 3.49. The Balaban J connectivity index is 0.00000243. The summed E-state index contributed by atoms with van der Waals surface area (Å²) in [4.78, 5) is 30.7. The van der Waals surface area contributed by atoms with Crippen LogP contribution >= 0.6 is 12.4 Å². The predicted molar refractivity (Wildman–Crippen MR) is 101 cm³/mol. The molecule has 2 saturated heterocycles. The first kappa shape index (κ1) is 20.6. The van der Waals surface area contributed by atoms with E-state index in [1.807, 2.05) is 0 Å². The molecule has 0 spiro atoms. The molecule has 2 fully saturated rings. The van der Waals surface area contributed by atoms with Gasteiger partial charge in [-0.1, -0.05) is 12.8 Å². The maximum absolute atomic E-state index is 12.4. The molecule has 3 heterocycles. The van der Waals surface area contributed by atoms with Gasteiger partial charge in [-0.3, -0.25) is 14.9 Å². The van der Waals surface area contributed by atoms with Gasteiger partial charge in [-0.25, -0.2) is 4.68 Å². The number of rotatable bonds is 4. The molecule has 0 unspecified atom stereocenters. The summed E-state index contributed by atoms with van der Waals surface area (Å²) in [6.45, 7) is 2.70. The molecule has 1 aromatic rings. The van der Waals surface area contributed by atoms with E-state index in [0.717, 1.165) is 57.4 Å². The summed E-state index contributed by atoms with van der Waals surface area (Å²) in [5.41, 5.74) is 0. The van der Waals surface area contributed by atoms with Crippen LogP contribution in [0, 0.1) is 0 Å². The van der Waals surface area contributed by atoms with Gasteiger partial charge >= 0.3 is 0 Å². The van der Waals surface area contributed by atoms with Crippen LogP contribution < -0.4 is 10.6 Å². The van der Waals surface area contributed by atoms with E-state index in [4.69, 9.17) is 0 Å². The molecular weight excluding hydrogens is 356 g/mol. The predicted octanol–water partition coefficient (Wildman–Crippen LogP) is 1.44. The highest BCUT2D eigenvalue weighted by atomic mass is 35.5. The van der Waals surface area contributed by atoms with Gasteiger partial charge in [0.2, 0.25) is 17.8 Å². The van der Waals surface area contributed by atoms with Crippen molar-refractivity contribution in [2.24, 2.45) is 7.05 Å². The summed E-state index contributed by atoms with van der Waals surface area (Å²) in [5, 5.41) is 10.6. The van der Waals surface area contributed by atoms with E-state index in [-0.39, 0.29) is 30.8 Å². The fourth-order valence-electron chi connectivity index (χ4n) is 3.49. The van der Waals surface area contributed by atoms with Crippen molar-refractivity contribution in [2.45, 2.75) is 50.9 Å². The molecule has 0 aromatic carbocycles. The van der Waals surface area contributed by atoms with Gasteiger partial charge in [0.25, 0.3) is 0 Å². The largest absolute Gasteiger partial charge is 0.333 e. The Labute approximate surface area is 160 Å². The van der Waals surface area contributed by atoms with E-state index in [0.29, 0.717) is 24.8 Å². The molecule has 146 valence electrons. The number of hydrogen-bond donors (Lipinski definition) is 2. The summed E-state index contributed by atoms with van der Waals surface area (Å²) in [6.07, 6.45) is 6.66. The van der Waals surface area contributed by atoms with Gasteiger partial charge in [0.05, 0.1) is 6.54 Å². The number of nitrogens with one attached hydrogen (secondary N) is 2. The second-order valence-electron chi connectivity index (χ2n) is 6.97. The highest BCUT2D eigenvalue weighted by Crippen LogP contribution is 2.23. The summed E-state index contributed by atoms with van der Waals surface area (Å²) >= 11 is 0. The number of amides is 2. The average molecular weight is 385 g/mol.